The van der Waals surface area contributed by atoms with Gasteiger partial charge in [-0.25, -0.2) is 0 Å². The summed E-state index contributed by atoms with van der Waals surface area (Å²) in [7, 11) is 0. The quantitative estimate of drug-likeness (QED) is 0.163. The highest BCUT2D eigenvalue weighted by molar-refractivity contribution is 5.93. The molecule has 0 nitrogen and oxygen atoms in total. The molecule has 8 rings (SSSR count). The number of hydrogen-bond donors (Lipinski definition) is 0. The van der Waals surface area contributed by atoms with Crippen LogP contribution in [0, 0.1) is 0 Å². The van der Waals surface area contributed by atoms with Gasteiger partial charge in [0.25, 0.3) is 0 Å². The highest BCUT2D eigenvalue weighted by Crippen LogP contribution is 2.69. The maximum atomic E-state index is 2.49. The lowest BCUT2D eigenvalue weighted by molar-refractivity contribution is 0.304. The summed E-state index contributed by atoms with van der Waals surface area (Å²) in [6.07, 6.45) is 14.3. The van der Waals surface area contributed by atoms with Crippen molar-refractivity contribution in [2.75, 3.05) is 0 Å². The molecule has 2 aliphatic rings. The first kappa shape index (κ1) is 28.7. The zero-order chi connectivity index (χ0) is 31.6. The summed E-state index contributed by atoms with van der Waals surface area (Å²) in [4.78, 5) is 0. The summed E-state index contributed by atoms with van der Waals surface area (Å²) in [5, 5.41) is 0. The van der Waals surface area contributed by atoms with Gasteiger partial charge in [0.2, 0.25) is 0 Å². The molecule has 0 saturated carbocycles. The van der Waals surface area contributed by atoms with Gasteiger partial charge in [0.15, 0.2) is 0 Å². The molecular weight excluding hydrogens is 565 g/mol. The van der Waals surface area contributed by atoms with Gasteiger partial charge in [-0.05, 0) is 44.5 Å². The number of allylic oxidation sites excluding steroid dienone is 8. The molecule has 0 heterocycles. The molecule has 0 spiro atoms. The van der Waals surface area contributed by atoms with Crippen LogP contribution in [-0.2, 0) is 16.2 Å². The van der Waals surface area contributed by atoms with Gasteiger partial charge in [-0.1, -0.05) is 218 Å². The van der Waals surface area contributed by atoms with Gasteiger partial charge in [0.05, 0.1) is 16.2 Å². The maximum absolute atomic E-state index is 2.49. The number of rotatable bonds is 8. The van der Waals surface area contributed by atoms with Crippen LogP contribution in [0.1, 0.15) is 33.4 Å². The van der Waals surface area contributed by atoms with Crippen molar-refractivity contribution in [1.82, 2.24) is 0 Å². The van der Waals surface area contributed by atoms with Gasteiger partial charge in [0.1, 0.15) is 0 Å². The molecule has 6 aromatic carbocycles. The Morgan fingerprint density at radius 1 is 0.319 bits per heavy atom. The molecule has 0 bridgehead atoms. The predicted molar refractivity (Wildman–Crippen MR) is 197 cm³/mol. The smallest absolute Gasteiger partial charge is 0.0547 e. The minimum atomic E-state index is -0.714. The molecule has 0 N–H and O–H groups in total. The van der Waals surface area contributed by atoms with E-state index in [0.717, 1.165) is 0 Å². The Morgan fingerprint density at radius 2 is 0.617 bits per heavy atom. The van der Waals surface area contributed by atoms with Crippen molar-refractivity contribution in [1.29, 1.82) is 0 Å². The van der Waals surface area contributed by atoms with E-state index in [1.165, 1.54) is 44.5 Å². The van der Waals surface area contributed by atoms with Crippen LogP contribution < -0.4 is 0 Å². The number of benzene rings is 6. The fourth-order valence-corrected chi connectivity index (χ4v) is 8.66. The van der Waals surface area contributed by atoms with Crippen LogP contribution in [0.4, 0.5) is 0 Å². The Morgan fingerprint density at radius 3 is 0.957 bits per heavy atom. The van der Waals surface area contributed by atoms with Gasteiger partial charge >= 0.3 is 0 Å². The normalized spacial score (nSPS) is 20.2. The van der Waals surface area contributed by atoms with Crippen LogP contribution in [0.3, 0.4) is 0 Å². The minimum absolute atomic E-state index is 0.642. The van der Waals surface area contributed by atoms with Crippen molar-refractivity contribution in [2.24, 2.45) is 0 Å². The molecule has 47 heavy (non-hydrogen) atoms. The average Bonchev–Trinajstić information content (AvgIpc) is 3.82. The molecule has 2 aliphatic carbocycles. The Balaban J connectivity index is 1.64. The summed E-state index contributed by atoms with van der Waals surface area (Å²) < 4.78 is 0. The van der Waals surface area contributed by atoms with E-state index in [1.807, 2.05) is 0 Å². The van der Waals surface area contributed by atoms with Gasteiger partial charge < -0.3 is 0 Å². The first-order chi connectivity index (χ1) is 23.3. The topological polar surface area (TPSA) is 0 Å². The van der Waals surface area contributed by atoms with Crippen LogP contribution in [-0.4, -0.2) is 0 Å². The van der Waals surface area contributed by atoms with E-state index in [0.29, 0.717) is 0 Å². The molecule has 0 amide bonds. The lowest BCUT2D eigenvalue weighted by atomic mass is 9.39. The van der Waals surface area contributed by atoms with E-state index in [2.05, 4.69) is 218 Å². The van der Waals surface area contributed by atoms with Crippen molar-refractivity contribution in [3.05, 3.63) is 252 Å². The highest BCUT2D eigenvalue weighted by atomic mass is 14.7. The fourth-order valence-electron chi connectivity index (χ4n) is 8.66. The Bertz CT molecular complexity index is 1930. The van der Waals surface area contributed by atoms with E-state index in [-0.39, 0.29) is 0 Å². The van der Waals surface area contributed by atoms with Crippen molar-refractivity contribution >= 4 is 11.1 Å². The van der Waals surface area contributed by atoms with E-state index < -0.39 is 16.2 Å². The van der Waals surface area contributed by atoms with Crippen LogP contribution >= 0.6 is 0 Å². The number of hydrogen-bond acceptors (Lipinski definition) is 0. The van der Waals surface area contributed by atoms with E-state index >= 15 is 0 Å². The Labute approximate surface area is 278 Å². The third-order valence-electron chi connectivity index (χ3n) is 10.3. The third-order valence-corrected chi connectivity index (χ3v) is 10.3. The van der Waals surface area contributed by atoms with Crippen molar-refractivity contribution in [2.45, 2.75) is 16.2 Å². The lowest BCUT2D eigenvalue weighted by Gasteiger charge is -2.60. The monoisotopic (exact) mass is 600 g/mol. The molecule has 0 heteroatoms. The summed E-state index contributed by atoms with van der Waals surface area (Å²) in [6, 6.07) is 66.8. The Kier molecular flexibility index (Phi) is 7.27. The largest absolute Gasteiger partial charge is 0.0683 e. The maximum Gasteiger partial charge on any atom is 0.0547 e. The van der Waals surface area contributed by atoms with Crippen LogP contribution in [0.25, 0.3) is 11.1 Å². The zero-order valence-electron chi connectivity index (χ0n) is 26.3. The van der Waals surface area contributed by atoms with E-state index in [9.17, 15) is 0 Å². The molecule has 0 fully saturated rings. The second-order valence-electron chi connectivity index (χ2n) is 12.4. The van der Waals surface area contributed by atoms with Gasteiger partial charge in [0, 0.05) is 0 Å². The minimum Gasteiger partial charge on any atom is -0.0683 e. The summed E-state index contributed by atoms with van der Waals surface area (Å²) >= 11 is 0. The first-order valence-corrected chi connectivity index (χ1v) is 16.5. The molecule has 0 aromatic heterocycles. The fraction of sp³-hybridized carbons (Fsp3) is 0.0638. The third kappa shape index (κ3) is 4.22. The van der Waals surface area contributed by atoms with Crippen LogP contribution in [0.15, 0.2) is 218 Å². The highest BCUT2D eigenvalue weighted by Gasteiger charge is 2.67. The predicted octanol–water partition coefficient (Wildman–Crippen LogP) is 11.2. The van der Waals surface area contributed by atoms with Crippen molar-refractivity contribution < 1.29 is 0 Å². The van der Waals surface area contributed by atoms with Gasteiger partial charge in [-0.3, -0.25) is 0 Å². The zero-order valence-corrected chi connectivity index (χ0v) is 26.3. The molecule has 0 saturated heterocycles. The van der Waals surface area contributed by atoms with Gasteiger partial charge in [-0.2, -0.15) is 0 Å². The average molecular weight is 601 g/mol. The standard InChI is InChI=1S/C47H36/c1-7-21-37(22-8-1)43-33-19-35-45(43,39-25-11-3-12-26-39)47(41-29-15-5-16-30-41,42-31-17-6-18-32-42)46(40-27-13-4-14-28-40)36-20-34-44(46)38-23-9-2-10-24-38/h1-36H. The molecule has 6 aromatic rings. The Hall–Kier alpha value is -5.72. The second-order valence-corrected chi connectivity index (χ2v) is 12.4. The summed E-state index contributed by atoms with van der Waals surface area (Å²) in [5.74, 6) is 0. The first-order valence-electron chi connectivity index (χ1n) is 16.5. The van der Waals surface area contributed by atoms with E-state index in [1.54, 1.807) is 0 Å². The SMILES string of the molecule is C1=CC(c2ccccc2)(C(c2ccccc2)(c2ccccc2)C2(c3ccccc3)C=CC=C2c2ccccc2)C(c2ccccc2)=C1. The molecular formula is C47H36. The molecule has 2 atom stereocenters. The van der Waals surface area contributed by atoms with Crippen LogP contribution in [0.5, 0.6) is 0 Å². The second kappa shape index (κ2) is 11.9. The molecule has 0 radical (unpaired) electrons. The van der Waals surface area contributed by atoms with Crippen molar-refractivity contribution in [3.8, 4) is 0 Å². The van der Waals surface area contributed by atoms with Crippen LogP contribution in [0.2, 0.25) is 0 Å². The molecule has 0 aliphatic heterocycles. The molecule has 224 valence electrons. The summed E-state index contributed by atoms with van der Waals surface area (Å²) in [6.45, 7) is 0. The molecule has 2 unspecified atom stereocenters. The van der Waals surface area contributed by atoms with Gasteiger partial charge in [-0.15, -0.1) is 0 Å². The van der Waals surface area contributed by atoms with E-state index in [4.69, 9.17) is 0 Å². The lowest BCUT2D eigenvalue weighted by Crippen LogP contribution is -2.61. The summed E-state index contributed by atoms with van der Waals surface area (Å²) in [5.41, 5.74) is 7.99. The van der Waals surface area contributed by atoms with Crippen molar-refractivity contribution in [3.63, 3.8) is 0 Å².